The van der Waals surface area contributed by atoms with Gasteiger partial charge in [0.2, 0.25) is 0 Å². The molecule has 1 aliphatic heterocycles. The molecule has 0 aliphatic carbocycles. The summed E-state index contributed by atoms with van der Waals surface area (Å²) in [5.74, 6) is 0.862. The molecule has 10 heavy (non-hydrogen) atoms. The van der Waals surface area contributed by atoms with E-state index in [2.05, 4.69) is 13.1 Å². The van der Waals surface area contributed by atoms with E-state index >= 15 is 0 Å². The molecule has 0 amide bonds. The van der Waals surface area contributed by atoms with Crippen molar-refractivity contribution < 1.29 is 0 Å². The van der Waals surface area contributed by atoms with Gasteiger partial charge in [-0.3, -0.25) is 0 Å². The van der Waals surface area contributed by atoms with Crippen LogP contribution in [0.2, 0.25) is 25.2 Å². The second-order valence-corrected chi connectivity index (χ2v) is 9.67. The lowest BCUT2D eigenvalue weighted by Crippen LogP contribution is -2.33. The van der Waals surface area contributed by atoms with E-state index in [0.29, 0.717) is 0 Å². The first kappa shape index (κ1) is 8.28. The highest BCUT2D eigenvalue weighted by molar-refractivity contribution is 6.77. The molecule has 0 aromatic rings. The Hall–Kier alpha value is 0.177. The van der Waals surface area contributed by atoms with Crippen LogP contribution in [0.25, 0.3) is 0 Å². The van der Waals surface area contributed by atoms with Crippen LogP contribution in [0.3, 0.4) is 0 Å². The van der Waals surface area contributed by atoms with Crippen LogP contribution in [0.1, 0.15) is 12.8 Å². The van der Waals surface area contributed by atoms with Crippen LogP contribution in [-0.4, -0.2) is 14.6 Å². The maximum atomic E-state index is 5.61. The molecule has 60 valence electrons. The highest BCUT2D eigenvalue weighted by atomic mass is 28.3. The van der Waals surface area contributed by atoms with Crippen molar-refractivity contribution >= 4 is 8.07 Å². The fourth-order valence-corrected chi connectivity index (χ4v) is 4.32. The van der Waals surface area contributed by atoms with Crippen LogP contribution in [0.15, 0.2) is 0 Å². The predicted molar refractivity (Wildman–Crippen MR) is 48.9 cm³/mol. The minimum atomic E-state index is -0.704. The summed E-state index contributed by atoms with van der Waals surface area (Å²) in [4.78, 5) is 0. The van der Waals surface area contributed by atoms with Gasteiger partial charge in [0.05, 0.1) is 0 Å². The molecule has 0 bridgehead atoms. The van der Waals surface area contributed by atoms with Crippen molar-refractivity contribution in [3.05, 3.63) is 0 Å². The maximum Gasteiger partial charge on any atom is 0.0473 e. The van der Waals surface area contributed by atoms with Crippen molar-refractivity contribution in [2.24, 2.45) is 11.7 Å². The van der Waals surface area contributed by atoms with Gasteiger partial charge in [0.1, 0.15) is 0 Å². The lowest BCUT2D eigenvalue weighted by molar-refractivity contribution is 0.478. The first-order chi connectivity index (χ1) is 4.64. The molecule has 0 atom stereocenters. The third kappa shape index (κ3) is 2.10. The minimum absolute atomic E-state index is 0.704. The SMILES string of the molecule is C[Si]1(C)CCC(CN)CC1. The van der Waals surface area contributed by atoms with Gasteiger partial charge in [-0.15, -0.1) is 0 Å². The molecule has 1 fully saturated rings. The third-order valence-corrected chi connectivity index (χ3v) is 6.08. The molecule has 0 aromatic carbocycles. The molecular weight excluding hydrogens is 138 g/mol. The van der Waals surface area contributed by atoms with E-state index in [0.717, 1.165) is 12.5 Å². The predicted octanol–water partition coefficient (Wildman–Crippen LogP) is 2.06. The summed E-state index contributed by atoms with van der Waals surface area (Å²) >= 11 is 0. The van der Waals surface area contributed by atoms with Gasteiger partial charge < -0.3 is 5.73 Å². The standard InChI is InChI=1S/C8H19NSi/c1-10(2)5-3-8(7-9)4-6-10/h8H,3-7,9H2,1-2H3. The normalized spacial score (nSPS) is 26.7. The van der Waals surface area contributed by atoms with Crippen LogP contribution in [0.4, 0.5) is 0 Å². The molecule has 0 saturated carbocycles. The van der Waals surface area contributed by atoms with Crippen molar-refractivity contribution in [3.8, 4) is 0 Å². The average molecular weight is 157 g/mol. The van der Waals surface area contributed by atoms with Crippen LogP contribution < -0.4 is 5.73 Å². The van der Waals surface area contributed by atoms with E-state index < -0.39 is 8.07 Å². The zero-order valence-electron chi connectivity index (χ0n) is 7.19. The van der Waals surface area contributed by atoms with E-state index in [1.165, 1.54) is 24.9 Å². The van der Waals surface area contributed by atoms with Crippen LogP contribution in [0, 0.1) is 5.92 Å². The largest absolute Gasteiger partial charge is 0.330 e. The molecule has 2 heteroatoms. The van der Waals surface area contributed by atoms with Gasteiger partial charge in [-0.2, -0.15) is 0 Å². The fraction of sp³-hybridized carbons (Fsp3) is 1.00. The number of hydrogen-bond donors (Lipinski definition) is 1. The summed E-state index contributed by atoms with van der Waals surface area (Å²) in [6.45, 7) is 5.92. The highest BCUT2D eigenvalue weighted by Gasteiger charge is 2.27. The lowest BCUT2D eigenvalue weighted by atomic mass is 10.0. The van der Waals surface area contributed by atoms with E-state index in [1.807, 2.05) is 0 Å². The molecule has 1 aliphatic rings. The Bertz CT molecular complexity index is 102. The Morgan fingerprint density at radius 1 is 1.30 bits per heavy atom. The molecule has 0 unspecified atom stereocenters. The zero-order valence-corrected chi connectivity index (χ0v) is 8.19. The smallest absolute Gasteiger partial charge is 0.0473 e. The molecular formula is C8H19NSi. The van der Waals surface area contributed by atoms with Crippen molar-refractivity contribution in [2.75, 3.05) is 6.54 Å². The van der Waals surface area contributed by atoms with Gasteiger partial charge in [0.15, 0.2) is 0 Å². The van der Waals surface area contributed by atoms with Crippen molar-refractivity contribution in [3.63, 3.8) is 0 Å². The number of rotatable bonds is 1. The fourth-order valence-electron chi connectivity index (χ4n) is 1.69. The van der Waals surface area contributed by atoms with Crippen LogP contribution in [0.5, 0.6) is 0 Å². The Morgan fingerprint density at radius 2 is 1.80 bits per heavy atom. The quantitative estimate of drug-likeness (QED) is 0.579. The average Bonchev–Trinajstić information content (AvgIpc) is 1.88. The molecule has 1 rings (SSSR count). The second kappa shape index (κ2) is 3.05. The monoisotopic (exact) mass is 157 g/mol. The third-order valence-electron chi connectivity index (χ3n) is 2.79. The first-order valence-electron chi connectivity index (χ1n) is 4.34. The van der Waals surface area contributed by atoms with E-state index in [9.17, 15) is 0 Å². The maximum absolute atomic E-state index is 5.61. The topological polar surface area (TPSA) is 26.0 Å². The van der Waals surface area contributed by atoms with Gasteiger partial charge in [-0.1, -0.05) is 38.0 Å². The van der Waals surface area contributed by atoms with Crippen LogP contribution in [-0.2, 0) is 0 Å². The summed E-state index contributed by atoms with van der Waals surface area (Å²) in [6.07, 6.45) is 2.82. The van der Waals surface area contributed by atoms with Gasteiger partial charge >= 0.3 is 0 Å². The zero-order chi connectivity index (χ0) is 7.61. The van der Waals surface area contributed by atoms with Gasteiger partial charge in [0, 0.05) is 8.07 Å². The molecule has 0 spiro atoms. The van der Waals surface area contributed by atoms with Gasteiger partial charge in [-0.05, 0) is 12.5 Å². The number of nitrogens with two attached hydrogens (primary N) is 1. The Balaban J connectivity index is 2.31. The highest BCUT2D eigenvalue weighted by Crippen LogP contribution is 2.31. The summed E-state index contributed by atoms with van der Waals surface area (Å²) in [5, 5.41) is 0. The minimum Gasteiger partial charge on any atom is -0.330 e. The van der Waals surface area contributed by atoms with E-state index in [4.69, 9.17) is 5.73 Å². The molecule has 1 saturated heterocycles. The Kier molecular flexibility index (Phi) is 2.53. The van der Waals surface area contributed by atoms with Gasteiger partial charge in [0.25, 0.3) is 0 Å². The molecule has 0 aromatic heterocycles. The Labute approximate surface area is 65.0 Å². The summed E-state index contributed by atoms with van der Waals surface area (Å²) in [5.41, 5.74) is 5.61. The molecule has 1 nitrogen and oxygen atoms in total. The van der Waals surface area contributed by atoms with Crippen LogP contribution >= 0.6 is 0 Å². The first-order valence-corrected chi connectivity index (χ1v) is 7.75. The summed E-state index contributed by atoms with van der Waals surface area (Å²) in [7, 11) is -0.704. The summed E-state index contributed by atoms with van der Waals surface area (Å²) < 4.78 is 0. The summed E-state index contributed by atoms with van der Waals surface area (Å²) in [6, 6.07) is 3.02. The van der Waals surface area contributed by atoms with Crippen molar-refractivity contribution in [1.82, 2.24) is 0 Å². The molecule has 2 N–H and O–H groups in total. The van der Waals surface area contributed by atoms with Gasteiger partial charge in [-0.25, -0.2) is 0 Å². The molecule has 0 radical (unpaired) electrons. The van der Waals surface area contributed by atoms with E-state index in [-0.39, 0.29) is 0 Å². The lowest BCUT2D eigenvalue weighted by Gasteiger charge is -2.31. The van der Waals surface area contributed by atoms with Crippen molar-refractivity contribution in [2.45, 2.75) is 38.0 Å². The Morgan fingerprint density at radius 3 is 2.20 bits per heavy atom. The van der Waals surface area contributed by atoms with E-state index in [1.54, 1.807) is 0 Å². The number of hydrogen-bond acceptors (Lipinski definition) is 1. The second-order valence-electron chi connectivity index (χ2n) is 4.34. The van der Waals surface area contributed by atoms with Crippen molar-refractivity contribution in [1.29, 1.82) is 0 Å². The molecule has 1 heterocycles.